The number of hydrogen-bond donors (Lipinski definition) is 1. The predicted octanol–water partition coefficient (Wildman–Crippen LogP) is 3.32. The van der Waals surface area contributed by atoms with E-state index in [0.717, 1.165) is 25.1 Å². The molecule has 4 rings (SSSR count). The largest absolute Gasteiger partial charge is 0.355 e. The van der Waals surface area contributed by atoms with Crippen LogP contribution in [0.25, 0.3) is 11.3 Å². The Morgan fingerprint density at radius 1 is 1.21 bits per heavy atom. The average Bonchev–Trinajstić information content (AvgIpc) is 3.23. The van der Waals surface area contributed by atoms with E-state index in [0.29, 0.717) is 19.0 Å². The number of amides is 2. The molecule has 1 aliphatic carbocycles. The van der Waals surface area contributed by atoms with Gasteiger partial charge in [0.25, 0.3) is 5.91 Å². The molecule has 33 heavy (non-hydrogen) atoms. The fraction of sp³-hybridized carbons (Fsp3) is 0.542. The van der Waals surface area contributed by atoms with E-state index in [1.54, 1.807) is 19.0 Å². The quantitative estimate of drug-likeness (QED) is 0.741. The number of hydrogen-bond acceptors (Lipinski definition) is 5. The monoisotopic (exact) mass is 460 g/mol. The van der Waals surface area contributed by atoms with Crippen LogP contribution < -0.4 is 5.32 Å². The molecule has 178 valence electrons. The van der Waals surface area contributed by atoms with Gasteiger partial charge < -0.3 is 14.7 Å². The molecule has 1 N–H and O–H groups in total. The summed E-state index contributed by atoms with van der Waals surface area (Å²) in [5.74, 6) is -2.39. The minimum absolute atomic E-state index is 0.0139. The highest BCUT2D eigenvalue weighted by Crippen LogP contribution is 2.44. The highest BCUT2D eigenvalue weighted by molar-refractivity contribution is 5.94. The summed E-state index contributed by atoms with van der Waals surface area (Å²) in [6.07, 6.45) is 2.93. The van der Waals surface area contributed by atoms with Crippen molar-refractivity contribution in [3.8, 4) is 11.3 Å². The van der Waals surface area contributed by atoms with Crippen LogP contribution in [0.3, 0.4) is 0 Å². The lowest BCUT2D eigenvalue weighted by Crippen LogP contribution is -2.61. The third kappa shape index (κ3) is 4.64. The zero-order chi connectivity index (χ0) is 23.9. The molecule has 7 nitrogen and oxygen atoms in total. The zero-order valence-corrected chi connectivity index (χ0v) is 19.4. The first-order chi connectivity index (χ1) is 15.6. The summed E-state index contributed by atoms with van der Waals surface area (Å²) in [4.78, 5) is 29.8. The number of piperidine rings is 1. The van der Waals surface area contributed by atoms with Crippen molar-refractivity contribution in [2.45, 2.75) is 45.2 Å². The highest BCUT2D eigenvalue weighted by Gasteiger charge is 2.46. The van der Waals surface area contributed by atoms with Crippen LogP contribution in [0.2, 0.25) is 0 Å². The molecule has 2 amide bonds. The first kappa shape index (κ1) is 23.4. The first-order valence-electron chi connectivity index (χ1n) is 11.2. The number of aromatic nitrogens is 1. The van der Waals surface area contributed by atoms with Gasteiger partial charge in [0.05, 0.1) is 11.5 Å². The van der Waals surface area contributed by atoms with Gasteiger partial charge in [0.1, 0.15) is 11.6 Å². The minimum Gasteiger partial charge on any atom is -0.355 e. The van der Waals surface area contributed by atoms with E-state index in [1.165, 1.54) is 18.6 Å². The Hall–Kier alpha value is -2.81. The van der Waals surface area contributed by atoms with Crippen LogP contribution in [0.4, 0.5) is 8.78 Å². The van der Waals surface area contributed by atoms with E-state index in [-0.39, 0.29) is 40.3 Å². The van der Waals surface area contributed by atoms with Crippen molar-refractivity contribution in [1.29, 1.82) is 0 Å². The molecule has 0 spiro atoms. The Balaban J connectivity index is 1.48. The SMILES string of the molecule is CN(C)C(=O)[C@@H]1CN([C@H]2CCC2(C)C)CC[C@H]1NC(=O)c1cc(-c2ccc(F)cc2F)on1. The Bertz CT molecular complexity index is 1050. The van der Waals surface area contributed by atoms with Crippen molar-refractivity contribution >= 4 is 11.8 Å². The van der Waals surface area contributed by atoms with E-state index in [4.69, 9.17) is 4.52 Å². The summed E-state index contributed by atoms with van der Waals surface area (Å²) in [6, 6.07) is 4.49. The summed E-state index contributed by atoms with van der Waals surface area (Å²) < 4.78 is 32.4. The number of likely N-dealkylation sites (tertiary alicyclic amines) is 1. The van der Waals surface area contributed by atoms with Gasteiger partial charge >= 0.3 is 0 Å². The number of carbonyl (C=O) groups is 2. The number of halogens is 2. The smallest absolute Gasteiger partial charge is 0.273 e. The second-order valence-corrected chi connectivity index (χ2v) is 9.95. The van der Waals surface area contributed by atoms with Crippen molar-refractivity contribution in [2.75, 3.05) is 27.2 Å². The van der Waals surface area contributed by atoms with Gasteiger partial charge in [0.15, 0.2) is 11.5 Å². The van der Waals surface area contributed by atoms with Gasteiger partial charge in [0.2, 0.25) is 5.91 Å². The molecule has 1 saturated heterocycles. The van der Waals surface area contributed by atoms with Gasteiger partial charge in [-0.2, -0.15) is 0 Å². The van der Waals surface area contributed by atoms with Crippen molar-refractivity contribution in [1.82, 2.24) is 20.3 Å². The van der Waals surface area contributed by atoms with Crippen molar-refractivity contribution in [3.05, 3.63) is 41.6 Å². The van der Waals surface area contributed by atoms with Crippen molar-refractivity contribution in [3.63, 3.8) is 0 Å². The third-order valence-electron chi connectivity index (χ3n) is 7.06. The number of rotatable bonds is 5. The lowest BCUT2D eigenvalue weighted by atomic mass is 9.66. The summed E-state index contributed by atoms with van der Waals surface area (Å²) in [5, 5.41) is 6.69. The molecule has 2 aliphatic rings. The number of nitrogens with zero attached hydrogens (tertiary/aromatic N) is 3. The van der Waals surface area contributed by atoms with Gasteiger partial charge in [-0.05, 0) is 36.8 Å². The number of benzene rings is 1. The molecule has 0 unspecified atom stereocenters. The Morgan fingerprint density at radius 2 is 1.97 bits per heavy atom. The van der Waals surface area contributed by atoms with E-state index in [1.807, 2.05) is 0 Å². The van der Waals surface area contributed by atoms with Crippen LogP contribution in [0.15, 0.2) is 28.8 Å². The molecule has 3 atom stereocenters. The average molecular weight is 461 g/mol. The highest BCUT2D eigenvalue weighted by atomic mass is 19.1. The Labute approximate surface area is 192 Å². The molecule has 1 aromatic heterocycles. The molecule has 1 aromatic carbocycles. The van der Waals surface area contributed by atoms with Gasteiger partial charge in [0, 0.05) is 51.4 Å². The van der Waals surface area contributed by atoms with Crippen LogP contribution in [-0.2, 0) is 4.79 Å². The van der Waals surface area contributed by atoms with Gasteiger partial charge in [-0.1, -0.05) is 19.0 Å². The van der Waals surface area contributed by atoms with E-state index in [2.05, 4.69) is 29.2 Å². The van der Waals surface area contributed by atoms with E-state index in [9.17, 15) is 18.4 Å². The van der Waals surface area contributed by atoms with Gasteiger partial charge in [-0.3, -0.25) is 14.5 Å². The normalized spacial score (nSPS) is 24.7. The van der Waals surface area contributed by atoms with Gasteiger partial charge in [-0.25, -0.2) is 8.78 Å². The van der Waals surface area contributed by atoms with Crippen molar-refractivity contribution < 1.29 is 22.9 Å². The first-order valence-corrected chi connectivity index (χ1v) is 11.2. The fourth-order valence-electron chi connectivity index (χ4n) is 4.98. The minimum atomic E-state index is -0.805. The molecule has 1 saturated carbocycles. The molecule has 1 aliphatic heterocycles. The molecule has 2 aromatic rings. The molecule has 9 heteroatoms. The standard InChI is InChI=1S/C24H30F2N4O3/c1-24(2)9-7-21(24)30-10-8-18(16(13-30)23(32)29(3)4)27-22(31)19-12-20(33-28-19)15-6-5-14(25)11-17(15)26/h5-6,11-12,16,18,21H,7-10,13H2,1-4H3,(H,27,31)/t16-,18-,21+/m1/s1. The summed E-state index contributed by atoms with van der Waals surface area (Å²) in [5.41, 5.74) is 0.224. The lowest BCUT2D eigenvalue weighted by molar-refractivity contribution is -0.137. The van der Waals surface area contributed by atoms with E-state index < -0.39 is 17.5 Å². The second-order valence-electron chi connectivity index (χ2n) is 9.95. The predicted molar refractivity (Wildman–Crippen MR) is 118 cm³/mol. The van der Waals surface area contributed by atoms with Crippen LogP contribution >= 0.6 is 0 Å². The summed E-state index contributed by atoms with van der Waals surface area (Å²) >= 11 is 0. The maximum absolute atomic E-state index is 14.1. The van der Waals surface area contributed by atoms with Gasteiger partial charge in [-0.15, -0.1) is 0 Å². The molecule has 0 radical (unpaired) electrons. The maximum atomic E-state index is 14.1. The zero-order valence-electron chi connectivity index (χ0n) is 19.4. The summed E-state index contributed by atoms with van der Waals surface area (Å²) in [7, 11) is 3.43. The molecule has 2 fully saturated rings. The third-order valence-corrected chi connectivity index (χ3v) is 7.06. The van der Waals surface area contributed by atoms with Crippen LogP contribution in [0, 0.1) is 23.0 Å². The molecular formula is C24H30F2N4O3. The van der Waals surface area contributed by atoms with Crippen LogP contribution in [-0.4, -0.2) is 66.0 Å². The second kappa shape index (κ2) is 8.85. The molecule has 2 heterocycles. The molecule has 0 bridgehead atoms. The van der Waals surface area contributed by atoms with Crippen molar-refractivity contribution in [2.24, 2.45) is 11.3 Å². The lowest BCUT2D eigenvalue weighted by Gasteiger charge is -2.53. The Morgan fingerprint density at radius 3 is 2.58 bits per heavy atom. The summed E-state index contributed by atoms with van der Waals surface area (Å²) in [6.45, 7) is 5.88. The fourth-order valence-corrected chi connectivity index (χ4v) is 4.98. The Kier molecular flexibility index (Phi) is 6.26. The molecular weight excluding hydrogens is 430 g/mol. The maximum Gasteiger partial charge on any atom is 0.273 e. The number of nitrogens with one attached hydrogen (secondary N) is 1. The van der Waals surface area contributed by atoms with E-state index >= 15 is 0 Å². The number of carbonyl (C=O) groups excluding carboxylic acids is 2. The van der Waals surface area contributed by atoms with Crippen LogP contribution in [0.5, 0.6) is 0 Å². The topological polar surface area (TPSA) is 78.7 Å². The van der Waals surface area contributed by atoms with Crippen LogP contribution in [0.1, 0.15) is 43.6 Å².